The number of aliphatic carboxylic acids is 1. The van der Waals surface area contributed by atoms with E-state index in [9.17, 15) is 19.8 Å². The summed E-state index contributed by atoms with van der Waals surface area (Å²) in [5.41, 5.74) is 1.65. The molecule has 4 unspecified atom stereocenters. The van der Waals surface area contributed by atoms with Crippen molar-refractivity contribution in [2.45, 2.75) is 49.8 Å². The molecule has 1 fully saturated rings. The minimum atomic E-state index is -0.985. The lowest BCUT2D eigenvalue weighted by Gasteiger charge is -2.47. The Labute approximate surface area is 169 Å². The monoisotopic (exact) mass is 395 g/mol. The molecule has 0 bridgehead atoms. The van der Waals surface area contributed by atoms with Crippen molar-refractivity contribution in [2.75, 3.05) is 7.11 Å². The number of carboxylic acids is 1. The van der Waals surface area contributed by atoms with Crippen molar-refractivity contribution in [3.63, 3.8) is 0 Å². The van der Waals surface area contributed by atoms with Gasteiger partial charge in [-0.05, 0) is 42.2 Å². The van der Waals surface area contributed by atoms with E-state index in [1.54, 1.807) is 48.4 Å². The number of ether oxygens (including phenoxy) is 1. The van der Waals surface area contributed by atoms with Crippen LogP contribution >= 0.6 is 0 Å². The molecule has 0 aromatic heterocycles. The Morgan fingerprint density at radius 2 is 1.76 bits per heavy atom. The van der Waals surface area contributed by atoms with Crippen LogP contribution in [-0.4, -0.2) is 46.2 Å². The molecule has 2 aromatic rings. The van der Waals surface area contributed by atoms with E-state index in [2.05, 4.69) is 0 Å². The van der Waals surface area contributed by atoms with E-state index >= 15 is 0 Å². The van der Waals surface area contributed by atoms with E-state index in [1.165, 1.54) is 0 Å². The van der Waals surface area contributed by atoms with Gasteiger partial charge in [0.15, 0.2) is 0 Å². The van der Waals surface area contributed by atoms with Crippen molar-refractivity contribution in [3.05, 3.63) is 65.2 Å². The third-order valence-electron chi connectivity index (χ3n) is 6.15. The van der Waals surface area contributed by atoms with Crippen LogP contribution in [0.2, 0.25) is 0 Å². The summed E-state index contributed by atoms with van der Waals surface area (Å²) in [6.07, 6.45) is 2.43. The third kappa shape index (κ3) is 3.38. The van der Waals surface area contributed by atoms with E-state index in [0.29, 0.717) is 29.7 Å². The molecule has 2 aromatic carbocycles. The summed E-state index contributed by atoms with van der Waals surface area (Å²) in [4.78, 5) is 27.6. The lowest BCUT2D eigenvalue weighted by atomic mass is 9.77. The molecule has 152 valence electrons. The molecule has 6 nitrogen and oxygen atoms in total. The lowest BCUT2D eigenvalue weighted by Crippen LogP contribution is -2.54. The minimum Gasteiger partial charge on any atom is -0.497 e. The van der Waals surface area contributed by atoms with Gasteiger partial charge in [-0.15, -0.1) is 0 Å². The summed E-state index contributed by atoms with van der Waals surface area (Å²) in [5, 5.41) is 20.9. The van der Waals surface area contributed by atoms with Crippen LogP contribution in [-0.2, 0) is 4.79 Å². The number of rotatable bonds is 4. The smallest absolute Gasteiger partial charge is 0.313 e. The predicted octanol–water partition coefficient (Wildman–Crippen LogP) is 3.36. The normalized spacial score (nSPS) is 26.7. The number of methoxy groups -OCH3 is 1. The van der Waals surface area contributed by atoms with E-state index in [0.717, 1.165) is 18.4 Å². The van der Waals surface area contributed by atoms with Crippen LogP contribution in [0.25, 0.3) is 0 Å². The van der Waals surface area contributed by atoms with Crippen LogP contribution in [0.15, 0.2) is 48.5 Å². The van der Waals surface area contributed by atoms with Crippen LogP contribution in [0.1, 0.15) is 59.1 Å². The first kappa shape index (κ1) is 19.5. The Bertz CT molecular complexity index is 910. The molecule has 6 heteroatoms. The number of carboxylic acid groups (broad SMARTS) is 1. The Kier molecular flexibility index (Phi) is 5.28. The van der Waals surface area contributed by atoms with Gasteiger partial charge in [0.2, 0.25) is 0 Å². The fraction of sp³-hybridized carbons (Fsp3) is 0.391. The van der Waals surface area contributed by atoms with Crippen LogP contribution in [0.4, 0.5) is 0 Å². The average Bonchev–Trinajstić information content (AvgIpc) is 2.74. The number of aliphatic hydroxyl groups is 1. The van der Waals surface area contributed by atoms with Gasteiger partial charge in [-0.3, -0.25) is 9.59 Å². The van der Waals surface area contributed by atoms with Gasteiger partial charge in [0, 0.05) is 5.56 Å². The number of aliphatic hydroxyl groups excluding tert-OH is 1. The van der Waals surface area contributed by atoms with Crippen LogP contribution in [0.3, 0.4) is 0 Å². The fourth-order valence-corrected chi connectivity index (χ4v) is 4.75. The summed E-state index contributed by atoms with van der Waals surface area (Å²) >= 11 is 0. The van der Waals surface area contributed by atoms with Gasteiger partial charge in [0.25, 0.3) is 5.91 Å². The average molecular weight is 395 g/mol. The van der Waals surface area contributed by atoms with E-state index in [4.69, 9.17) is 4.74 Å². The summed E-state index contributed by atoms with van der Waals surface area (Å²) < 4.78 is 5.23. The first-order valence-corrected chi connectivity index (χ1v) is 9.99. The maximum atomic E-state index is 13.5. The molecule has 0 saturated heterocycles. The van der Waals surface area contributed by atoms with E-state index in [-0.39, 0.29) is 5.91 Å². The summed E-state index contributed by atoms with van der Waals surface area (Å²) in [7, 11) is 1.57. The molecule has 2 N–H and O–H groups in total. The number of nitrogens with zero attached hydrogens (tertiary/aromatic N) is 1. The number of benzene rings is 2. The molecular formula is C23H25NO5. The number of carbonyl (C=O) groups is 2. The molecule has 1 heterocycles. The molecule has 1 aliphatic carbocycles. The van der Waals surface area contributed by atoms with E-state index < -0.39 is 30.1 Å². The third-order valence-corrected chi connectivity index (χ3v) is 6.15. The van der Waals surface area contributed by atoms with Crippen molar-refractivity contribution in [1.82, 2.24) is 4.90 Å². The fourth-order valence-electron chi connectivity index (χ4n) is 4.75. The quantitative estimate of drug-likeness (QED) is 0.829. The van der Waals surface area contributed by atoms with Crippen molar-refractivity contribution in [1.29, 1.82) is 0 Å². The van der Waals surface area contributed by atoms with Gasteiger partial charge in [-0.1, -0.05) is 43.2 Å². The SMILES string of the molecule is COc1ccc(C2C(C(=O)O)c3ccccc3C(=O)N2C2CCCCC2O)cc1. The number of hydrogen-bond acceptors (Lipinski definition) is 4. The number of hydrogen-bond donors (Lipinski definition) is 2. The molecule has 1 saturated carbocycles. The maximum absolute atomic E-state index is 13.5. The number of fused-ring (bicyclic) bond motifs is 1. The van der Waals surface area contributed by atoms with Gasteiger partial charge in [-0.2, -0.15) is 0 Å². The van der Waals surface area contributed by atoms with Crippen molar-refractivity contribution in [2.24, 2.45) is 0 Å². The molecular weight excluding hydrogens is 370 g/mol. The number of carbonyl (C=O) groups excluding carboxylic acids is 1. The summed E-state index contributed by atoms with van der Waals surface area (Å²) in [6.45, 7) is 0. The van der Waals surface area contributed by atoms with Gasteiger partial charge < -0.3 is 19.8 Å². The Balaban J connectivity index is 1.89. The van der Waals surface area contributed by atoms with Crippen molar-refractivity contribution >= 4 is 11.9 Å². The highest BCUT2D eigenvalue weighted by Gasteiger charge is 2.48. The molecule has 0 radical (unpaired) electrons. The van der Waals surface area contributed by atoms with Crippen LogP contribution in [0, 0.1) is 0 Å². The Morgan fingerprint density at radius 1 is 1.07 bits per heavy atom. The second-order valence-corrected chi connectivity index (χ2v) is 7.75. The minimum absolute atomic E-state index is 0.218. The Morgan fingerprint density at radius 3 is 2.41 bits per heavy atom. The zero-order chi connectivity index (χ0) is 20.5. The molecule has 4 rings (SSSR count). The van der Waals surface area contributed by atoms with Crippen molar-refractivity contribution < 1.29 is 24.5 Å². The second-order valence-electron chi connectivity index (χ2n) is 7.75. The predicted molar refractivity (Wildman–Crippen MR) is 107 cm³/mol. The zero-order valence-corrected chi connectivity index (χ0v) is 16.3. The molecule has 29 heavy (non-hydrogen) atoms. The number of amides is 1. The summed E-state index contributed by atoms with van der Waals surface area (Å²) in [5.74, 6) is -1.45. The highest BCUT2D eigenvalue weighted by Crippen LogP contribution is 2.46. The highest BCUT2D eigenvalue weighted by atomic mass is 16.5. The molecule has 0 spiro atoms. The first-order valence-electron chi connectivity index (χ1n) is 9.99. The van der Waals surface area contributed by atoms with Gasteiger partial charge in [-0.25, -0.2) is 0 Å². The van der Waals surface area contributed by atoms with Crippen molar-refractivity contribution in [3.8, 4) is 5.75 Å². The highest BCUT2D eigenvalue weighted by molar-refractivity contribution is 6.00. The van der Waals surface area contributed by atoms with Gasteiger partial charge in [0.1, 0.15) is 11.7 Å². The van der Waals surface area contributed by atoms with Gasteiger partial charge >= 0.3 is 5.97 Å². The molecule has 2 aliphatic rings. The maximum Gasteiger partial charge on any atom is 0.313 e. The topological polar surface area (TPSA) is 87.1 Å². The van der Waals surface area contributed by atoms with Crippen LogP contribution < -0.4 is 4.74 Å². The summed E-state index contributed by atoms with van der Waals surface area (Å²) in [6, 6.07) is 13.0. The standard InChI is InChI=1S/C23H25NO5/c1-29-15-12-10-14(11-13-15)21-20(23(27)28)16-6-2-3-7-17(16)22(26)24(21)18-8-4-5-9-19(18)25/h2-3,6-7,10-13,18-21,25H,4-5,8-9H2,1H3,(H,27,28). The lowest BCUT2D eigenvalue weighted by molar-refractivity contribution is -0.141. The molecule has 1 aliphatic heterocycles. The molecule has 1 amide bonds. The van der Waals surface area contributed by atoms with E-state index in [1.807, 2.05) is 12.1 Å². The largest absolute Gasteiger partial charge is 0.497 e. The zero-order valence-electron chi connectivity index (χ0n) is 16.3. The Hall–Kier alpha value is -2.86. The molecule has 4 atom stereocenters. The second kappa shape index (κ2) is 7.87. The first-order chi connectivity index (χ1) is 14.0. The van der Waals surface area contributed by atoms with Gasteiger partial charge in [0.05, 0.1) is 25.3 Å². The van der Waals surface area contributed by atoms with Crippen LogP contribution in [0.5, 0.6) is 5.75 Å².